The quantitative estimate of drug-likeness (QED) is 0.857. The molecule has 2 atom stereocenters. The van der Waals surface area contributed by atoms with Crippen molar-refractivity contribution in [3.05, 3.63) is 36.9 Å². The molecule has 0 saturated carbocycles. The fourth-order valence-corrected chi connectivity index (χ4v) is 1.87. The summed E-state index contributed by atoms with van der Waals surface area (Å²) in [6.07, 6.45) is 3.68. The van der Waals surface area contributed by atoms with Crippen molar-refractivity contribution in [3.63, 3.8) is 0 Å². The summed E-state index contributed by atoms with van der Waals surface area (Å²) < 4.78 is 1.48. The zero-order valence-electron chi connectivity index (χ0n) is 13.5. The zero-order chi connectivity index (χ0) is 16.8. The van der Waals surface area contributed by atoms with Crippen LogP contribution in [-0.2, 0) is 9.59 Å². The smallest absolute Gasteiger partial charge is 0.249 e. The number of nitrogens with one attached hydrogen (secondary N) is 2. The van der Waals surface area contributed by atoms with Gasteiger partial charge in [-0.15, -0.1) is 0 Å². The van der Waals surface area contributed by atoms with E-state index in [0.717, 1.165) is 6.42 Å². The van der Waals surface area contributed by atoms with Crippen molar-refractivity contribution in [2.45, 2.75) is 33.2 Å². The van der Waals surface area contributed by atoms with Crippen molar-refractivity contribution < 1.29 is 9.59 Å². The Morgan fingerprint density at radius 3 is 2.13 bits per heavy atom. The minimum atomic E-state index is -0.456. The molecule has 0 saturated heterocycles. The van der Waals surface area contributed by atoms with Crippen molar-refractivity contribution in [1.29, 1.82) is 0 Å². The average Bonchev–Trinajstić information content (AvgIpc) is 3.09. The molecule has 0 spiro atoms. The van der Waals surface area contributed by atoms with Crippen molar-refractivity contribution in [2.24, 2.45) is 5.92 Å². The topological polar surface area (TPSA) is 88.9 Å². The lowest BCUT2D eigenvalue weighted by molar-refractivity contribution is -0.120. The van der Waals surface area contributed by atoms with Crippen molar-refractivity contribution in [1.82, 2.24) is 14.8 Å². The lowest BCUT2D eigenvalue weighted by Crippen LogP contribution is -2.24. The maximum atomic E-state index is 12.1. The summed E-state index contributed by atoms with van der Waals surface area (Å²) in [5, 5.41) is 9.60. The molecule has 0 fully saturated rings. The van der Waals surface area contributed by atoms with Crippen molar-refractivity contribution in [2.75, 3.05) is 10.6 Å². The number of rotatable bonds is 6. The molecule has 0 bridgehead atoms. The number of hydrogen-bond acceptors (Lipinski definition) is 4. The summed E-state index contributed by atoms with van der Waals surface area (Å²) in [6.45, 7) is 5.60. The number of anilines is 2. The molecule has 2 rings (SSSR count). The van der Waals surface area contributed by atoms with Gasteiger partial charge < -0.3 is 10.6 Å². The predicted molar refractivity (Wildman–Crippen MR) is 87.9 cm³/mol. The van der Waals surface area contributed by atoms with Crippen LogP contribution in [0.25, 0.3) is 0 Å². The van der Waals surface area contributed by atoms with E-state index in [2.05, 4.69) is 20.7 Å². The highest BCUT2D eigenvalue weighted by Gasteiger charge is 2.15. The number of nitrogens with zero attached hydrogens (tertiary/aromatic N) is 3. The molecule has 1 aromatic carbocycles. The Hall–Kier alpha value is -2.70. The van der Waals surface area contributed by atoms with Gasteiger partial charge in [0.1, 0.15) is 18.7 Å². The minimum absolute atomic E-state index is 0.0101. The first-order valence-electron chi connectivity index (χ1n) is 7.57. The number of aromatic nitrogens is 3. The van der Waals surface area contributed by atoms with E-state index in [1.807, 2.05) is 13.8 Å². The fourth-order valence-electron chi connectivity index (χ4n) is 1.87. The van der Waals surface area contributed by atoms with Gasteiger partial charge in [0, 0.05) is 17.3 Å². The Morgan fingerprint density at radius 2 is 1.65 bits per heavy atom. The Kier molecular flexibility index (Phi) is 5.46. The van der Waals surface area contributed by atoms with Gasteiger partial charge in [-0.25, -0.2) is 9.67 Å². The van der Waals surface area contributed by atoms with Crippen molar-refractivity contribution in [3.8, 4) is 0 Å². The molecule has 23 heavy (non-hydrogen) atoms. The molecule has 1 aromatic heterocycles. The summed E-state index contributed by atoms with van der Waals surface area (Å²) in [5.74, 6) is -0.228. The number of amides is 2. The van der Waals surface area contributed by atoms with Gasteiger partial charge in [0.25, 0.3) is 0 Å². The molecule has 0 aliphatic carbocycles. The molecule has 1 heterocycles. The summed E-state index contributed by atoms with van der Waals surface area (Å²) in [7, 11) is 0. The van der Waals surface area contributed by atoms with Crippen molar-refractivity contribution >= 4 is 23.2 Å². The second-order valence-electron chi connectivity index (χ2n) is 5.42. The van der Waals surface area contributed by atoms with Gasteiger partial charge in [-0.05, 0) is 37.6 Å². The van der Waals surface area contributed by atoms with Gasteiger partial charge in [0.05, 0.1) is 0 Å². The molecule has 2 amide bonds. The lowest BCUT2D eigenvalue weighted by Gasteiger charge is -2.13. The van der Waals surface area contributed by atoms with Crippen LogP contribution < -0.4 is 10.6 Å². The molecule has 122 valence electrons. The molecular weight excluding hydrogens is 294 g/mol. The average molecular weight is 315 g/mol. The first-order valence-corrected chi connectivity index (χ1v) is 7.57. The summed E-state index contributed by atoms with van der Waals surface area (Å²) in [6, 6.07) is 6.56. The van der Waals surface area contributed by atoms with Gasteiger partial charge in [-0.3, -0.25) is 9.59 Å². The molecule has 2 N–H and O–H groups in total. The van der Waals surface area contributed by atoms with E-state index >= 15 is 0 Å². The van der Waals surface area contributed by atoms with E-state index in [1.54, 1.807) is 31.2 Å². The summed E-state index contributed by atoms with van der Waals surface area (Å²) in [5.41, 5.74) is 1.36. The van der Waals surface area contributed by atoms with Gasteiger partial charge in [0.15, 0.2) is 0 Å². The SMILES string of the molecule is CCC(C)C(=O)Nc1ccc(NC(=O)C(C)n2cncn2)cc1. The van der Waals surface area contributed by atoms with E-state index in [1.165, 1.54) is 17.3 Å². The van der Waals surface area contributed by atoms with Crippen LogP contribution in [0.4, 0.5) is 11.4 Å². The second kappa shape index (κ2) is 7.53. The highest BCUT2D eigenvalue weighted by atomic mass is 16.2. The first kappa shape index (κ1) is 16.7. The van der Waals surface area contributed by atoms with Gasteiger partial charge in [-0.2, -0.15) is 5.10 Å². The Bertz CT molecular complexity index is 652. The lowest BCUT2D eigenvalue weighted by atomic mass is 10.1. The Labute approximate surface area is 135 Å². The summed E-state index contributed by atoms with van der Waals surface area (Å²) in [4.78, 5) is 27.8. The maximum Gasteiger partial charge on any atom is 0.249 e. The van der Waals surface area contributed by atoms with E-state index < -0.39 is 6.04 Å². The normalized spacial score (nSPS) is 13.2. The van der Waals surface area contributed by atoms with Crippen LogP contribution in [0.1, 0.15) is 33.2 Å². The van der Waals surface area contributed by atoms with Crippen LogP contribution in [0, 0.1) is 5.92 Å². The van der Waals surface area contributed by atoms with Crippen LogP contribution in [0.15, 0.2) is 36.9 Å². The molecule has 0 radical (unpaired) electrons. The number of benzene rings is 1. The highest BCUT2D eigenvalue weighted by molar-refractivity contribution is 5.95. The second-order valence-corrected chi connectivity index (χ2v) is 5.42. The van der Waals surface area contributed by atoms with Crippen LogP contribution >= 0.6 is 0 Å². The summed E-state index contributed by atoms with van der Waals surface area (Å²) >= 11 is 0. The molecule has 0 aliphatic heterocycles. The van der Waals surface area contributed by atoms with E-state index in [4.69, 9.17) is 0 Å². The fraction of sp³-hybridized carbons (Fsp3) is 0.375. The van der Waals surface area contributed by atoms with Crippen LogP contribution in [0.2, 0.25) is 0 Å². The highest BCUT2D eigenvalue weighted by Crippen LogP contribution is 2.16. The zero-order valence-corrected chi connectivity index (χ0v) is 13.5. The standard InChI is InChI=1S/C16H21N5O2/c1-4-11(2)15(22)19-13-5-7-14(8-6-13)20-16(23)12(3)21-10-17-9-18-21/h5-12H,4H2,1-3H3,(H,19,22)(H,20,23). The monoisotopic (exact) mass is 315 g/mol. The van der Waals surface area contributed by atoms with E-state index in [0.29, 0.717) is 11.4 Å². The van der Waals surface area contributed by atoms with Gasteiger partial charge >= 0.3 is 0 Å². The minimum Gasteiger partial charge on any atom is -0.326 e. The molecular formula is C16H21N5O2. The molecule has 7 nitrogen and oxygen atoms in total. The van der Waals surface area contributed by atoms with Gasteiger partial charge in [-0.1, -0.05) is 13.8 Å². The number of hydrogen-bond donors (Lipinski definition) is 2. The van der Waals surface area contributed by atoms with Gasteiger partial charge in [0.2, 0.25) is 11.8 Å². The predicted octanol–water partition coefficient (Wildman–Crippen LogP) is 2.46. The molecule has 7 heteroatoms. The van der Waals surface area contributed by atoms with Crippen LogP contribution in [-0.4, -0.2) is 26.6 Å². The maximum absolute atomic E-state index is 12.1. The van der Waals surface area contributed by atoms with Crippen LogP contribution in [0.3, 0.4) is 0 Å². The molecule has 2 unspecified atom stereocenters. The van der Waals surface area contributed by atoms with Crippen LogP contribution in [0.5, 0.6) is 0 Å². The number of carbonyl (C=O) groups excluding carboxylic acids is 2. The largest absolute Gasteiger partial charge is 0.326 e. The Morgan fingerprint density at radius 1 is 1.09 bits per heavy atom. The number of carbonyl (C=O) groups is 2. The van der Waals surface area contributed by atoms with E-state index in [-0.39, 0.29) is 17.7 Å². The van der Waals surface area contributed by atoms with E-state index in [9.17, 15) is 9.59 Å². The molecule has 2 aromatic rings. The third kappa shape index (κ3) is 4.38. The Balaban J connectivity index is 1.94. The first-order chi connectivity index (χ1) is 11.0. The third-order valence-corrected chi connectivity index (χ3v) is 3.69. The third-order valence-electron chi connectivity index (χ3n) is 3.69. The molecule has 0 aliphatic rings.